The molecule has 1 aliphatic rings. The topological polar surface area (TPSA) is 28.3 Å². The molecule has 1 aromatic heterocycles. The molecule has 154 valence electrons. The van der Waals surface area contributed by atoms with Crippen LogP contribution in [0.2, 0.25) is 0 Å². The van der Waals surface area contributed by atoms with Gasteiger partial charge in [0.1, 0.15) is 5.75 Å². The first-order chi connectivity index (χ1) is 14.3. The first kappa shape index (κ1) is 20.4. The Bertz CT molecular complexity index is 910. The van der Waals surface area contributed by atoms with Crippen molar-refractivity contribution >= 4 is 22.7 Å². The predicted octanol–water partition coefficient (Wildman–Crippen LogP) is 6.70. The molecule has 0 saturated carbocycles. The van der Waals surface area contributed by atoms with E-state index in [0.29, 0.717) is 5.92 Å². The zero-order valence-corrected chi connectivity index (χ0v) is 18.4. The summed E-state index contributed by atoms with van der Waals surface area (Å²) < 4.78 is 5.27. The van der Waals surface area contributed by atoms with E-state index in [4.69, 9.17) is 4.74 Å². The molecule has 1 fully saturated rings. The van der Waals surface area contributed by atoms with Gasteiger partial charge in [-0.3, -0.25) is 0 Å². The lowest BCUT2D eigenvalue weighted by Gasteiger charge is -2.32. The highest BCUT2D eigenvalue weighted by molar-refractivity contribution is 7.99. The molecule has 0 unspecified atom stereocenters. The summed E-state index contributed by atoms with van der Waals surface area (Å²) in [5.41, 5.74) is 2.76. The molecule has 3 nitrogen and oxygen atoms in total. The highest BCUT2D eigenvalue weighted by Crippen LogP contribution is 2.36. The minimum Gasteiger partial charge on any atom is -0.497 e. The van der Waals surface area contributed by atoms with Crippen molar-refractivity contribution in [2.24, 2.45) is 0 Å². The summed E-state index contributed by atoms with van der Waals surface area (Å²) >= 11 is 1.81. The van der Waals surface area contributed by atoms with Crippen LogP contribution in [0.4, 0.5) is 0 Å². The normalized spacial score (nSPS) is 15.8. The fourth-order valence-corrected chi connectivity index (χ4v) is 5.21. The van der Waals surface area contributed by atoms with E-state index in [9.17, 15) is 0 Å². The molecule has 2 aromatic carbocycles. The molecule has 0 bridgehead atoms. The van der Waals surface area contributed by atoms with Crippen LogP contribution in [-0.4, -0.2) is 36.6 Å². The zero-order chi connectivity index (χ0) is 20.1. The van der Waals surface area contributed by atoms with Gasteiger partial charge in [-0.25, -0.2) is 0 Å². The van der Waals surface area contributed by atoms with E-state index in [-0.39, 0.29) is 0 Å². The molecule has 1 N–H and O–H groups in total. The predicted molar refractivity (Wildman–Crippen MR) is 123 cm³/mol. The SMILES string of the molecule is CCCCCN1CCC(c2c[nH]c3ccc(Sc4ccc(OC)cc4)cc23)CC1. The van der Waals surface area contributed by atoms with Crippen molar-refractivity contribution in [3.8, 4) is 5.75 Å². The number of hydrogen-bond acceptors (Lipinski definition) is 3. The zero-order valence-electron chi connectivity index (χ0n) is 17.6. The highest BCUT2D eigenvalue weighted by Gasteiger charge is 2.22. The molecule has 3 aromatic rings. The molecule has 29 heavy (non-hydrogen) atoms. The molecule has 0 amide bonds. The number of nitrogens with zero attached hydrogens (tertiary/aromatic N) is 1. The molecule has 4 heteroatoms. The molecule has 4 rings (SSSR count). The molecular formula is C25H32N2OS. The summed E-state index contributed by atoms with van der Waals surface area (Å²) in [6, 6.07) is 15.1. The molecule has 0 aliphatic carbocycles. The number of likely N-dealkylation sites (tertiary alicyclic amines) is 1. The van der Waals surface area contributed by atoms with Gasteiger partial charge in [0.05, 0.1) is 7.11 Å². The minimum absolute atomic E-state index is 0.674. The fraction of sp³-hybridized carbons (Fsp3) is 0.440. The van der Waals surface area contributed by atoms with Crippen molar-refractivity contribution in [2.75, 3.05) is 26.7 Å². The third kappa shape index (κ3) is 4.99. The largest absolute Gasteiger partial charge is 0.497 e. The second-order valence-corrected chi connectivity index (χ2v) is 9.20. The van der Waals surface area contributed by atoms with Gasteiger partial charge in [0.15, 0.2) is 0 Å². The van der Waals surface area contributed by atoms with Crippen LogP contribution in [0.25, 0.3) is 10.9 Å². The van der Waals surface area contributed by atoms with Gasteiger partial charge >= 0.3 is 0 Å². The van der Waals surface area contributed by atoms with Crippen molar-refractivity contribution in [1.29, 1.82) is 0 Å². The number of hydrogen-bond donors (Lipinski definition) is 1. The van der Waals surface area contributed by atoms with Crippen LogP contribution < -0.4 is 4.74 Å². The van der Waals surface area contributed by atoms with Crippen molar-refractivity contribution in [3.05, 3.63) is 54.2 Å². The van der Waals surface area contributed by atoms with Gasteiger partial charge in [-0.2, -0.15) is 0 Å². The average molecular weight is 409 g/mol. The van der Waals surface area contributed by atoms with E-state index in [1.807, 2.05) is 23.9 Å². The monoisotopic (exact) mass is 408 g/mol. The first-order valence-electron chi connectivity index (χ1n) is 10.9. The molecule has 0 radical (unpaired) electrons. The van der Waals surface area contributed by atoms with Crippen LogP contribution in [0, 0.1) is 0 Å². The number of benzene rings is 2. The Morgan fingerprint density at radius 3 is 2.52 bits per heavy atom. The second kappa shape index (κ2) is 9.73. The summed E-state index contributed by atoms with van der Waals surface area (Å²) in [5, 5.41) is 1.40. The van der Waals surface area contributed by atoms with Crippen LogP contribution in [0.1, 0.15) is 50.5 Å². The van der Waals surface area contributed by atoms with Crippen LogP contribution in [-0.2, 0) is 0 Å². The summed E-state index contributed by atoms with van der Waals surface area (Å²) in [5.74, 6) is 1.58. The Morgan fingerprint density at radius 1 is 1.03 bits per heavy atom. The number of nitrogens with one attached hydrogen (secondary N) is 1. The Hall–Kier alpha value is -1.91. The Morgan fingerprint density at radius 2 is 1.79 bits per heavy atom. The lowest BCUT2D eigenvalue weighted by Crippen LogP contribution is -2.33. The third-order valence-corrected chi connectivity index (χ3v) is 7.08. The maximum atomic E-state index is 5.27. The van der Waals surface area contributed by atoms with Crippen molar-refractivity contribution in [1.82, 2.24) is 9.88 Å². The van der Waals surface area contributed by atoms with Gasteiger partial charge in [0.2, 0.25) is 0 Å². The van der Waals surface area contributed by atoms with Crippen molar-refractivity contribution in [2.45, 2.75) is 54.7 Å². The Kier molecular flexibility index (Phi) is 6.83. The van der Waals surface area contributed by atoms with Gasteiger partial charge in [-0.1, -0.05) is 31.5 Å². The lowest BCUT2D eigenvalue weighted by atomic mass is 9.89. The molecular weight excluding hydrogens is 376 g/mol. The van der Waals surface area contributed by atoms with E-state index >= 15 is 0 Å². The molecule has 0 spiro atoms. The number of H-pyrrole nitrogens is 1. The van der Waals surface area contributed by atoms with Gasteiger partial charge in [0.25, 0.3) is 0 Å². The average Bonchev–Trinajstić information content (AvgIpc) is 3.18. The smallest absolute Gasteiger partial charge is 0.118 e. The number of piperidine rings is 1. The van der Waals surface area contributed by atoms with Gasteiger partial charge < -0.3 is 14.6 Å². The van der Waals surface area contributed by atoms with Crippen LogP contribution in [0.5, 0.6) is 5.75 Å². The van der Waals surface area contributed by atoms with Crippen molar-refractivity contribution < 1.29 is 4.74 Å². The lowest BCUT2D eigenvalue weighted by molar-refractivity contribution is 0.209. The standard InChI is InChI=1S/C25H32N2OS/c1-3-4-5-14-27-15-12-19(13-16-27)24-18-26-25-11-10-22(17-23(24)25)29-21-8-6-20(28-2)7-9-21/h6-11,17-19,26H,3-5,12-16H2,1-2H3. The second-order valence-electron chi connectivity index (χ2n) is 8.05. The third-order valence-electron chi connectivity index (χ3n) is 6.09. The van der Waals surface area contributed by atoms with Crippen LogP contribution in [0.15, 0.2) is 58.5 Å². The summed E-state index contributed by atoms with van der Waals surface area (Å²) in [7, 11) is 1.71. The minimum atomic E-state index is 0.674. The van der Waals surface area contributed by atoms with E-state index in [2.05, 4.69) is 53.3 Å². The van der Waals surface area contributed by atoms with Gasteiger partial charge in [-0.05, 0) is 92.8 Å². The first-order valence-corrected chi connectivity index (χ1v) is 11.7. The number of aromatic amines is 1. The number of unbranched alkanes of at least 4 members (excludes halogenated alkanes) is 2. The van der Waals surface area contributed by atoms with Gasteiger partial charge in [-0.15, -0.1) is 0 Å². The quantitative estimate of drug-likeness (QED) is 0.421. The number of fused-ring (bicyclic) bond motifs is 1. The fourth-order valence-electron chi connectivity index (χ4n) is 4.36. The Labute approximate surface area is 178 Å². The number of aromatic nitrogens is 1. The summed E-state index contributed by atoms with van der Waals surface area (Å²) in [6.07, 6.45) is 8.81. The van der Waals surface area contributed by atoms with E-state index in [0.717, 1.165) is 5.75 Å². The van der Waals surface area contributed by atoms with E-state index in [1.54, 1.807) is 7.11 Å². The van der Waals surface area contributed by atoms with E-state index < -0.39 is 0 Å². The summed E-state index contributed by atoms with van der Waals surface area (Å²) in [4.78, 5) is 8.69. The van der Waals surface area contributed by atoms with Crippen molar-refractivity contribution in [3.63, 3.8) is 0 Å². The van der Waals surface area contributed by atoms with Gasteiger partial charge in [0, 0.05) is 26.9 Å². The highest BCUT2D eigenvalue weighted by atomic mass is 32.2. The maximum Gasteiger partial charge on any atom is 0.118 e. The Balaban J connectivity index is 1.44. The van der Waals surface area contributed by atoms with E-state index in [1.165, 1.54) is 78.0 Å². The number of methoxy groups -OCH3 is 1. The van der Waals surface area contributed by atoms with Crippen LogP contribution >= 0.6 is 11.8 Å². The number of rotatable bonds is 8. The maximum absolute atomic E-state index is 5.27. The summed E-state index contributed by atoms with van der Waals surface area (Å²) in [6.45, 7) is 6.03. The molecule has 1 saturated heterocycles. The number of ether oxygens (including phenoxy) is 1. The van der Waals surface area contributed by atoms with Crippen LogP contribution in [0.3, 0.4) is 0 Å². The molecule has 1 aliphatic heterocycles. The molecule has 0 atom stereocenters. The molecule has 2 heterocycles.